The zero-order valence-electron chi connectivity index (χ0n) is 17.0. The molecule has 150 valence electrons. The summed E-state index contributed by atoms with van der Waals surface area (Å²) in [4.78, 5) is 20.8. The van der Waals surface area contributed by atoms with Crippen molar-refractivity contribution in [1.29, 1.82) is 0 Å². The van der Waals surface area contributed by atoms with Gasteiger partial charge in [0.05, 0.1) is 12.0 Å². The van der Waals surface area contributed by atoms with Crippen LogP contribution in [-0.2, 0) is 17.9 Å². The molecule has 1 atom stereocenters. The third-order valence-corrected chi connectivity index (χ3v) is 6.50. The van der Waals surface area contributed by atoms with E-state index in [1.807, 2.05) is 12.5 Å². The normalized spacial score (nSPS) is 22.6. The Bertz CT molecular complexity index is 794. The van der Waals surface area contributed by atoms with E-state index in [2.05, 4.69) is 62.0 Å². The highest BCUT2D eigenvalue weighted by molar-refractivity contribution is 5.73. The Morgan fingerprint density at radius 1 is 1.21 bits per heavy atom. The minimum Gasteiger partial charge on any atom is -0.352 e. The molecule has 0 bridgehead atoms. The van der Waals surface area contributed by atoms with Crippen LogP contribution in [0.3, 0.4) is 0 Å². The van der Waals surface area contributed by atoms with Crippen LogP contribution in [0.5, 0.6) is 0 Å². The summed E-state index contributed by atoms with van der Waals surface area (Å²) in [5, 5.41) is 3.12. The van der Waals surface area contributed by atoms with Gasteiger partial charge in [-0.15, -0.1) is 0 Å². The van der Waals surface area contributed by atoms with Crippen molar-refractivity contribution in [2.45, 2.75) is 50.9 Å². The van der Waals surface area contributed by atoms with Crippen LogP contribution < -0.4 is 5.32 Å². The lowest BCUT2D eigenvalue weighted by molar-refractivity contribution is -0.119. The van der Waals surface area contributed by atoms with E-state index in [-0.39, 0.29) is 11.4 Å². The summed E-state index contributed by atoms with van der Waals surface area (Å²) in [7, 11) is 2.21. The van der Waals surface area contributed by atoms with Gasteiger partial charge < -0.3 is 9.88 Å². The Hall–Kier alpha value is -2.18. The maximum atomic E-state index is 11.4. The molecule has 6 heteroatoms. The van der Waals surface area contributed by atoms with Crippen LogP contribution in [0.1, 0.15) is 37.4 Å². The zero-order chi connectivity index (χ0) is 19.6. The number of amides is 1. The van der Waals surface area contributed by atoms with Gasteiger partial charge in [-0.3, -0.25) is 14.6 Å². The number of carbonyl (C=O) groups is 1. The lowest BCUT2D eigenvalue weighted by Crippen LogP contribution is -2.50. The maximum Gasteiger partial charge on any atom is 0.217 e. The van der Waals surface area contributed by atoms with Gasteiger partial charge in [-0.05, 0) is 31.9 Å². The molecule has 0 saturated carbocycles. The molecule has 2 saturated heterocycles. The van der Waals surface area contributed by atoms with E-state index in [1.54, 1.807) is 6.92 Å². The summed E-state index contributed by atoms with van der Waals surface area (Å²) in [5.74, 6) is 0.0829. The molecule has 0 unspecified atom stereocenters. The predicted molar refractivity (Wildman–Crippen MR) is 110 cm³/mol. The second kappa shape index (κ2) is 8.05. The molecule has 2 aliphatic heterocycles. The average molecular weight is 382 g/mol. The SMILES string of the molecule is CC(=O)N[C@@H]1CN(C)C2(CCN(Cc3cncn3Cc3ccccc3)CC2)C1. The number of imidazole rings is 1. The molecule has 2 aliphatic rings. The topological polar surface area (TPSA) is 53.4 Å². The first-order chi connectivity index (χ1) is 13.5. The van der Waals surface area contributed by atoms with E-state index in [0.29, 0.717) is 6.04 Å². The summed E-state index contributed by atoms with van der Waals surface area (Å²) in [6, 6.07) is 10.8. The Morgan fingerprint density at radius 3 is 2.68 bits per heavy atom. The van der Waals surface area contributed by atoms with Crippen LogP contribution in [0.2, 0.25) is 0 Å². The van der Waals surface area contributed by atoms with Gasteiger partial charge in [0.15, 0.2) is 0 Å². The monoisotopic (exact) mass is 381 g/mol. The van der Waals surface area contributed by atoms with Gasteiger partial charge in [0.1, 0.15) is 0 Å². The molecule has 28 heavy (non-hydrogen) atoms. The standard InChI is InChI=1S/C22H31N5O/c1-18(28)24-20-12-22(25(2)15-20)8-10-26(11-9-22)16-21-13-23-17-27(21)14-19-6-4-3-5-7-19/h3-7,13,17,20H,8-12,14-16H2,1-2H3,(H,24,28)/t20-/m0/s1. The Morgan fingerprint density at radius 2 is 1.96 bits per heavy atom. The number of likely N-dealkylation sites (tertiary alicyclic amines) is 2. The number of carbonyl (C=O) groups excluding carboxylic acids is 1. The highest BCUT2D eigenvalue weighted by Gasteiger charge is 2.45. The third-order valence-electron chi connectivity index (χ3n) is 6.50. The fraction of sp³-hybridized carbons (Fsp3) is 0.545. The molecule has 2 aromatic rings. The number of hydrogen-bond acceptors (Lipinski definition) is 4. The van der Waals surface area contributed by atoms with E-state index in [9.17, 15) is 4.79 Å². The first-order valence-corrected chi connectivity index (χ1v) is 10.3. The van der Waals surface area contributed by atoms with Gasteiger partial charge in [-0.2, -0.15) is 0 Å². The van der Waals surface area contributed by atoms with Crippen molar-refractivity contribution in [2.75, 3.05) is 26.7 Å². The van der Waals surface area contributed by atoms with Gasteiger partial charge in [0, 0.05) is 57.4 Å². The van der Waals surface area contributed by atoms with Crippen LogP contribution in [0, 0.1) is 0 Å². The summed E-state index contributed by atoms with van der Waals surface area (Å²) in [5.41, 5.74) is 2.82. The molecule has 0 radical (unpaired) electrons. The van der Waals surface area contributed by atoms with Crippen molar-refractivity contribution < 1.29 is 4.79 Å². The average Bonchev–Trinajstić information content (AvgIpc) is 3.22. The molecule has 3 heterocycles. The molecule has 1 amide bonds. The minimum absolute atomic E-state index is 0.0829. The number of nitrogens with one attached hydrogen (secondary N) is 1. The maximum absolute atomic E-state index is 11.4. The molecular formula is C22H31N5O. The Kier molecular flexibility index (Phi) is 5.51. The third kappa shape index (κ3) is 4.13. The second-order valence-corrected chi connectivity index (χ2v) is 8.48. The number of likely N-dealkylation sites (N-methyl/N-ethyl adjacent to an activating group) is 1. The van der Waals surface area contributed by atoms with Crippen LogP contribution >= 0.6 is 0 Å². The Balaban J connectivity index is 1.34. The predicted octanol–water partition coefficient (Wildman–Crippen LogP) is 2.11. The second-order valence-electron chi connectivity index (χ2n) is 8.48. The molecule has 4 rings (SSSR count). The van der Waals surface area contributed by atoms with Crippen molar-refractivity contribution in [3.63, 3.8) is 0 Å². The number of benzene rings is 1. The van der Waals surface area contributed by atoms with Crippen molar-refractivity contribution in [3.8, 4) is 0 Å². The minimum atomic E-state index is 0.0829. The number of hydrogen-bond donors (Lipinski definition) is 1. The van der Waals surface area contributed by atoms with Gasteiger partial charge >= 0.3 is 0 Å². The van der Waals surface area contributed by atoms with Gasteiger partial charge in [-0.25, -0.2) is 4.98 Å². The molecule has 1 N–H and O–H groups in total. The van der Waals surface area contributed by atoms with Crippen molar-refractivity contribution in [1.82, 2.24) is 24.7 Å². The first kappa shape index (κ1) is 19.2. The lowest BCUT2D eigenvalue weighted by Gasteiger charge is -2.43. The van der Waals surface area contributed by atoms with Crippen molar-refractivity contribution in [2.24, 2.45) is 0 Å². The molecule has 1 aromatic heterocycles. The fourth-order valence-corrected chi connectivity index (χ4v) is 4.93. The number of piperidine rings is 1. The number of nitrogens with zero attached hydrogens (tertiary/aromatic N) is 4. The van der Waals surface area contributed by atoms with Crippen LogP contribution in [-0.4, -0.2) is 63.5 Å². The van der Waals surface area contributed by atoms with Crippen molar-refractivity contribution in [3.05, 3.63) is 54.1 Å². The largest absolute Gasteiger partial charge is 0.352 e. The molecule has 6 nitrogen and oxygen atoms in total. The Labute approximate surface area is 167 Å². The van der Waals surface area contributed by atoms with E-state index >= 15 is 0 Å². The smallest absolute Gasteiger partial charge is 0.217 e. The van der Waals surface area contributed by atoms with E-state index in [0.717, 1.165) is 52.0 Å². The highest BCUT2D eigenvalue weighted by Crippen LogP contribution is 2.37. The van der Waals surface area contributed by atoms with E-state index < -0.39 is 0 Å². The van der Waals surface area contributed by atoms with E-state index in [4.69, 9.17) is 0 Å². The van der Waals surface area contributed by atoms with Gasteiger partial charge in [0.2, 0.25) is 5.91 Å². The van der Waals surface area contributed by atoms with Crippen molar-refractivity contribution >= 4 is 5.91 Å². The quantitative estimate of drug-likeness (QED) is 0.862. The highest BCUT2D eigenvalue weighted by atomic mass is 16.1. The molecule has 1 spiro atoms. The van der Waals surface area contributed by atoms with E-state index in [1.165, 1.54) is 11.3 Å². The van der Waals surface area contributed by atoms with Crippen LogP contribution in [0.25, 0.3) is 0 Å². The summed E-state index contributed by atoms with van der Waals surface area (Å²) < 4.78 is 2.26. The summed E-state index contributed by atoms with van der Waals surface area (Å²) in [6.07, 6.45) is 7.33. The van der Waals surface area contributed by atoms with Crippen LogP contribution in [0.15, 0.2) is 42.9 Å². The van der Waals surface area contributed by atoms with Gasteiger partial charge in [-0.1, -0.05) is 30.3 Å². The zero-order valence-corrected chi connectivity index (χ0v) is 17.0. The molecular weight excluding hydrogens is 350 g/mol. The van der Waals surface area contributed by atoms with Crippen LogP contribution in [0.4, 0.5) is 0 Å². The molecule has 2 fully saturated rings. The van der Waals surface area contributed by atoms with Gasteiger partial charge in [0.25, 0.3) is 0 Å². The molecule has 0 aliphatic carbocycles. The summed E-state index contributed by atoms with van der Waals surface area (Å²) in [6.45, 7) is 6.58. The first-order valence-electron chi connectivity index (χ1n) is 10.3. The number of rotatable bonds is 5. The number of aromatic nitrogens is 2. The lowest BCUT2D eigenvalue weighted by atomic mass is 9.84. The molecule has 1 aromatic carbocycles. The fourth-order valence-electron chi connectivity index (χ4n) is 4.93. The summed E-state index contributed by atoms with van der Waals surface area (Å²) >= 11 is 0.